The molecule has 7 heteroatoms. The largest absolute Gasteiger partial charge is 0.353 e. The fraction of sp³-hybridized carbons (Fsp3) is 0.364. The molecule has 1 saturated heterocycles. The third-order valence-electron chi connectivity index (χ3n) is 5.49. The predicted molar refractivity (Wildman–Crippen MR) is 116 cm³/mol. The van der Waals surface area contributed by atoms with Crippen molar-refractivity contribution in [3.05, 3.63) is 59.9 Å². The number of hydrogen-bond donors (Lipinski definition) is 0. The van der Waals surface area contributed by atoms with Gasteiger partial charge in [-0.2, -0.15) is 4.31 Å². The quantitative estimate of drug-likeness (QED) is 0.658. The fourth-order valence-corrected chi connectivity index (χ4v) is 5.15. The Labute approximate surface area is 172 Å². The molecular weight excluding hydrogens is 384 g/mol. The van der Waals surface area contributed by atoms with Gasteiger partial charge in [0.15, 0.2) is 0 Å². The van der Waals surface area contributed by atoms with E-state index in [2.05, 4.69) is 34.8 Å². The van der Waals surface area contributed by atoms with E-state index in [1.165, 1.54) is 0 Å². The summed E-state index contributed by atoms with van der Waals surface area (Å²) >= 11 is 0. The van der Waals surface area contributed by atoms with E-state index in [1.807, 2.05) is 31.2 Å². The maximum atomic E-state index is 13.1. The van der Waals surface area contributed by atoms with E-state index in [0.29, 0.717) is 37.0 Å². The average Bonchev–Trinajstić information content (AvgIpc) is 2.73. The maximum Gasteiger partial charge on any atom is 0.243 e. The van der Waals surface area contributed by atoms with Crippen LogP contribution in [0.4, 0.5) is 5.82 Å². The van der Waals surface area contributed by atoms with Crippen LogP contribution in [0.5, 0.6) is 0 Å². The zero-order valence-electron chi connectivity index (χ0n) is 17.0. The Morgan fingerprint density at radius 2 is 1.62 bits per heavy atom. The van der Waals surface area contributed by atoms with Crippen molar-refractivity contribution in [2.75, 3.05) is 31.1 Å². The monoisotopic (exact) mass is 410 g/mol. The Balaban J connectivity index is 1.53. The van der Waals surface area contributed by atoms with Crippen LogP contribution in [0.15, 0.2) is 53.7 Å². The van der Waals surface area contributed by atoms with Gasteiger partial charge in [-0.1, -0.05) is 37.6 Å². The standard InChI is InChI=1S/C22H26N4O2S/c1-16(2)18-5-7-19(8-6-18)29(27,28)26-12-10-25(11-13-26)22-20-14-17(3)4-9-21(20)23-15-24-22/h4-9,14-16H,10-13H2,1-3H3. The third-order valence-corrected chi connectivity index (χ3v) is 7.41. The smallest absolute Gasteiger partial charge is 0.243 e. The lowest BCUT2D eigenvalue weighted by molar-refractivity contribution is 0.384. The summed E-state index contributed by atoms with van der Waals surface area (Å²) in [5.74, 6) is 1.25. The van der Waals surface area contributed by atoms with Crippen LogP contribution in [0.3, 0.4) is 0 Å². The van der Waals surface area contributed by atoms with E-state index >= 15 is 0 Å². The van der Waals surface area contributed by atoms with E-state index in [1.54, 1.807) is 22.8 Å². The Morgan fingerprint density at radius 3 is 2.28 bits per heavy atom. The number of benzene rings is 2. The summed E-state index contributed by atoms with van der Waals surface area (Å²) < 4.78 is 27.7. The lowest BCUT2D eigenvalue weighted by atomic mass is 10.0. The van der Waals surface area contributed by atoms with Crippen molar-refractivity contribution in [2.24, 2.45) is 0 Å². The molecule has 1 aliphatic rings. The number of hydrogen-bond acceptors (Lipinski definition) is 5. The first-order chi connectivity index (χ1) is 13.9. The van der Waals surface area contributed by atoms with Gasteiger partial charge in [0.2, 0.25) is 10.0 Å². The second-order valence-corrected chi connectivity index (χ2v) is 9.77. The molecule has 0 amide bonds. The van der Waals surface area contributed by atoms with Crippen LogP contribution in [0.1, 0.15) is 30.9 Å². The molecule has 0 saturated carbocycles. The maximum absolute atomic E-state index is 13.1. The Bertz CT molecular complexity index is 1120. The molecule has 6 nitrogen and oxygen atoms in total. The van der Waals surface area contributed by atoms with E-state index < -0.39 is 10.0 Å². The first-order valence-electron chi connectivity index (χ1n) is 9.92. The molecule has 0 bridgehead atoms. The van der Waals surface area contributed by atoms with Gasteiger partial charge in [0, 0.05) is 31.6 Å². The van der Waals surface area contributed by atoms with Crippen molar-refractivity contribution >= 4 is 26.7 Å². The minimum Gasteiger partial charge on any atom is -0.353 e. The van der Waals surface area contributed by atoms with E-state index in [9.17, 15) is 8.42 Å². The van der Waals surface area contributed by atoms with Gasteiger partial charge in [0.05, 0.1) is 10.4 Å². The summed E-state index contributed by atoms with van der Waals surface area (Å²) in [5, 5.41) is 1.01. The molecule has 1 aliphatic heterocycles. The molecular formula is C22H26N4O2S. The Hall–Kier alpha value is -2.51. The summed E-state index contributed by atoms with van der Waals surface area (Å²) in [6.45, 7) is 8.32. The summed E-state index contributed by atoms with van der Waals surface area (Å²) in [7, 11) is -3.49. The molecule has 1 fully saturated rings. The molecule has 0 unspecified atom stereocenters. The second kappa shape index (κ2) is 7.72. The van der Waals surface area contributed by atoms with E-state index in [0.717, 1.165) is 27.8 Å². The number of rotatable bonds is 4. The molecule has 0 N–H and O–H groups in total. The summed E-state index contributed by atoms with van der Waals surface area (Å²) in [6.07, 6.45) is 1.58. The first-order valence-corrected chi connectivity index (χ1v) is 11.4. The lowest BCUT2D eigenvalue weighted by Gasteiger charge is -2.35. The molecule has 3 aromatic rings. The molecule has 0 spiro atoms. The van der Waals surface area contributed by atoms with Crippen molar-refractivity contribution in [2.45, 2.75) is 31.6 Å². The van der Waals surface area contributed by atoms with Gasteiger partial charge in [-0.05, 0) is 42.7 Å². The third kappa shape index (κ3) is 3.84. The Morgan fingerprint density at radius 1 is 0.931 bits per heavy atom. The van der Waals surface area contributed by atoms with Gasteiger partial charge in [0.1, 0.15) is 12.1 Å². The van der Waals surface area contributed by atoms with Crippen LogP contribution in [0, 0.1) is 6.92 Å². The minimum absolute atomic E-state index is 0.360. The summed E-state index contributed by atoms with van der Waals surface area (Å²) in [4.78, 5) is 11.3. The van der Waals surface area contributed by atoms with Crippen molar-refractivity contribution < 1.29 is 8.42 Å². The zero-order valence-corrected chi connectivity index (χ0v) is 17.9. The predicted octanol–water partition coefficient (Wildman–Crippen LogP) is 3.57. The Kier molecular flexibility index (Phi) is 5.27. The molecule has 1 aromatic heterocycles. The van der Waals surface area contributed by atoms with Crippen LogP contribution in [0.25, 0.3) is 10.9 Å². The highest BCUT2D eigenvalue weighted by Crippen LogP contribution is 2.26. The van der Waals surface area contributed by atoms with Crippen LogP contribution < -0.4 is 4.90 Å². The number of fused-ring (bicyclic) bond motifs is 1. The van der Waals surface area contributed by atoms with Gasteiger partial charge in [0.25, 0.3) is 0 Å². The molecule has 4 rings (SSSR count). The van der Waals surface area contributed by atoms with Crippen LogP contribution >= 0.6 is 0 Å². The van der Waals surface area contributed by atoms with Gasteiger partial charge in [-0.3, -0.25) is 0 Å². The highest BCUT2D eigenvalue weighted by molar-refractivity contribution is 7.89. The van der Waals surface area contributed by atoms with E-state index in [4.69, 9.17) is 0 Å². The second-order valence-electron chi connectivity index (χ2n) is 7.83. The van der Waals surface area contributed by atoms with E-state index in [-0.39, 0.29) is 0 Å². The molecule has 0 radical (unpaired) electrons. The average molecular weight is 411 g/mol. The first kappa shape index (κ1) is 19.8. The van der Waals surface area contributed by atoms with Gasteiger partial charge in [-0.25, -0.2) is 18.4 Å². The van der Waals surface area contributed by atoms with Crippen LogP contribution in [-0.4, -0.2) is 48.9 Å². The van der Waals surface area contributed by atoms with Crippen LogP contribution in [-0.2, 0) is 10.0 Å². The minimum atomic E-state index is -3.49. The topological polar surface area (TPSA) is 66.4 Å². The highest BCUT2D eigenvalue weighted by Gasteiger charge is 2.29. The van der Waals surface area contributed by atoms with Crippen molar-refractivity contribution in [1.29, 1.82) is 0 Å². The van der Waals surface area contributed by atoms with Gasteiger partial charge >= 0.3 is 0 Å². The van der Waals surface area contributed by atoms with Crippen LogP contribution in [0.2, 0.25) is 0 Å². The van der Waals surface area contributed by atoms with Gasteiger partial charge in [-0.15, -0.1) is 0 Å². The normalized spacial score (nSPS) is 15.9. The molecule has 2 heterocycles. The van der Waals surface area contributed by atoms with Crippen molar-refractivity contribution in [1.82, 2.24) is 14.3 Å². The number of anilines is 1. The number of aryl methyl sites for hydroxylation is 1. The number of nitrogens with zero attached hydrogens (tertiary/aromatic N) is 4. The number of piperazine rings is 1. The zero-order chi connectivity index (χ0) is 20.6. The fourth-order valence-electron chi connectivity index (χ4n) is 3.72. The molecule has 152 valence electrons. The summed E-state index contributed by atoms with van der Waals surface area (Å²) in [6, 6.07) is 13.4. The SMILES string of the molecule is Cc1ccc2ncnc(N3CCN(S(=O)(=O)c4ccc(C(C)C)cc4)CC3)c2c1. The van der Waals surface area contributed by atoms with Crippen molar-refractivity contribution in [3.8, 4) is 0 Å². The molecule has 2 aromatic carbocycles. The molecule has 29 heavy (non-hydrogen) atoms. The summed E-state index contributed by atoms with van der Waals surface area (Å²) in [5.41, 5.74) is 3.19. The van der Waals surface area contributed by atoms with Crippen molar-refractivity contribution in [3.63, 3.8) is 0 Å². The lowest BCUT2D eigenvalue weighted by Crippen LogP contribution is -2.49. The van der Waals surface area contributed by atoms with Gasteiger partial charge < -0.3 is 4.90 Å². The molecule has 0 atom stereocenters. The molecule has 0 aliphatic carbocycles. The number of sulfonamides is 1. The number of aromatic nitrogens is 2. The highest BCUT2D eigenvalue weighted by atomic mass is 32.2.